The van der Waals surface area contributed by atoms with Gasteiger partial charge in [0.2, 0.25) is 5.78 Å². The van der Waals surface area contributed by atoms with E-state index in [1.807, 2.05) is 43.3 Å². The van der Waals surface area contributed by atoms with Crippen molar-refractivity contribution in [2.45, 2.75) is 19.9 Å². The van der Waals surface area contributed by atoms with Gasteiger partial charge >= 0.3 is 0 Å². The molecule has 0 atom stereocenters. The second-order valence-corrected chi connectivity index (χ2v) is 6.63. The first-order valence-corrected chi connectivity index (χ1v) is 8.72. The minimum atomic E-state index is -0.0564. The van der Waals surface area contributed by atoms with Crippen LogP contribution in [-0.2, 0) is 17.8 Å². The van der Waals surface area contributed by atoms with Crippen LogP contribution < -0.4 is 0 Å². The van der Waals surface area contributed by atoms with E-state index in [9.17, 15) is 4.79 Å². The zero-order valence-electron chi connectivity index (χ0n) is 14.7. The van der Waals surface area contributed by atoms with Crippen LogP contribution in [0.25, 0.3) is 11.0 Å². The number of aromatic amines is 1. The average Bonchev–Trinajstić information content (AvgIpc) is 3.26. The molecule has 0 spiro atoms. The van der Waals surface area contributed by atoms with Gasteiger partial charge in [0.05, 0.1) is 11.2 Å². The number of aryl methyl sites for hydroxylation is 1. The van der Waals surface area contributed by atoms with Gasteiger partial charge in [-0.3, -0.25) is 9.89 Å². The molecule has 1 N–H and O–H groups in total. The first-order valence-electron chi connectivity index (χ1n) is 8.72. The molecule has 0 saturated carbocycles. The Morgan fingerprint density at radius 2 is 2.00 bits per heavy atom. The number of H-pyrrole nitrogens is 1. The van der Waals surface area contributed by atoms with Crippen LogP contribution >= 0.6 is 0 Å². The molecule has 0 unspecified atom stereocenters. The number of nitrogens with zero attached hydrogens (tertiary/aromatic N) is 5. The molecule has 0 aliphatic carbocycles. The lowest BCUT2D eigenvalue weighted by Crippen LogP contribution is -2.25. The zero-order valence-corrected chi connectivity index (χ0v) is 14.7. The van der Waals surface area contributed by atoms with Crippen LogP contribution in [-0.4, -0.2) is 36.7 Å². The summed E-state index contributed by atoms with van der Waals surface area (Å²) in [5.41, 5.74) is 5.87. The molecule has 2 aromatic heterocycles. The van der Waals surface area contributed by atoms with Gasteiger partial charge in [-0.15, -0.1) is 5.10 Å². The van der Waals surface area contributed by atoms with Crippen LogP contribution in [0.15, 0.2) is 53.5 Å². The van der Waals surface area contributed by atoms with Crippen molar-refractivity contribution < 1.29 is 4.79 Å². The second kappa shape index (κ2) is 5.98. The molecule has 132 valence electrons. The van der Waals surface area contributed by atoms with Crippen LogP contribution in [0.3, 0.4) is 0 Å². The number of Topliss-reactive ketones (excluding diaryl/α,β-unsaturated/α-hetero) is 1. The van der Waals surface area contributed by atoms with Crippen molar-refractivity contribution in [3.8, 4) is 0 Å². The highest BCUT2D eigenvalue weighted by Crippen LogP contribution is 2.29. The largest absolute Gasteiger partial charge is 0.290 e. The fourth-order valence-corrected chi connectivity index (χ4v) is 3.44. The molecule has 1 aliphatic rings. The lowest BCUT2D eigenvalue weighted by atomic mass is 10.0. The maximum atomic E-state index is 12.7. The number of aromatic nitrogens is 5. The fraction of sp³-hybridized carbons (Fsp3) is 0.150. The van der Waals surface area contributed by atoms with Crippen LogP contribution in [0, 0.1) is 6.92 Å². The molecule has 5 rings (SSSR count). The summed E-state index contributed by atoms with van der Waals surface area (Å²) in [6, 6.07) is 15.8. The number of hydrogen-bond acceptors (Lipinski definition) is 5. The van der Waals surface area contributed by atoms with E-state index in [-0.39, 0.29) is 12.3 Å². The van der Waals surface area contributed by atoms with E-state index in [2.05, 4.69) is 32.6 Å². The number of fused-ring (bicyclic) bond motifs is 2. The predicted octanol–water partition coefficient (Wildman–Crippen LogP) is 2.76. The summed E-state index contributed by atoms with van der Waals surface area (Å²) in [5.74, 6) is 0.699. The number of nitrogens with one attached hydrogen (secondary N) is 1. The molecule has 0 bridgehead atoms. The van der Waals surface area contributed by atoms with Gasteiger partial charge in [-0.25, -0.2) is 9.67 Å². The van der Waals surface area contributed by atoms with Gasteiger partial charge in [-0.05, 0) is 24.6 Å². The molecule has 7 nitrogen and oxygen atoms in total. The number of carbonyl (C=O) groups excluding carboxylic acids is 1. The lowest BCUT2D eigenvalue weighted by Gasteiger charge is -2.14. The standard InChI is InChI=1S/C20H16N6O/c1-12-15(9-13-5-3-2-4-6-13)20-21-19(18(27)11-26(20)24-12)14-7-8-16-17(10-14)23-25-22-16/h2-8,10H,9,11H2,1H3,(H,22,23,25). The molecule has 2 aromatic carbocycles. The van der Waals surface area contributed by atoms with Crippen molar-refractivity contribution in [2.75, 3.05) is 0 Å². The highest BCUT2D eigenvalue weighted by molar-refractivity contribution is 6.47. The smallest absolute Gasteiger partial charge is 0.203 e. The number of rotatable bonds is 3. The summed E-state index contributed by atoms with van der Waals surface area (Å²) in [6.07, 6.45) is 0.731. The van der Waals surface area contributed by atoms with E-state index in [1.54, 1.807) is 4.68 Å². The summed E-state index contributed by atoms with van der Waals surface area (Å²) in [6.45, 7) is 2.16. The van der Waals surface area contributed by atoms with Gasteiger partial charge in [0.25, 0.3) is 0 Å². The quantitative estimate of drug-likeness (QED) is 0.611. The van der Waals surface area contributed by atoms with Crippen molar-refractivity contribution in [1.29, 1.82) is 0 Å². The number of benzene rings is 2. The molecule has 4 aromatic rings. The third-order valence-corrected chi connectivity index (χ3v) is 4.82. The number of aliphatic imine (C=N–C) groups is 1. The van der Waals surface area contributed by atoms with E-state index in [1.165, 1.54) is 5.56 Å². The molecule has 27 heavy (non-hydrogen) atoms. The average molecular weight is 356 g/mol. The Hall–Kier alpha value is -3.61. The van der Waals surface area contributed by atoms with Crippen LogP contribution in [0.2, 0.25) is 0 Å². The maximum absolute atomic E-state index is 12.7. The van der Waals surface area contributed by atoms with Crippen LogP contribution in [0.4, 0.5) is 5.82 Å². The maximum Gasteiger partial charge on any atom is 0.203 e. The molecule has 3 heterocycles. The molecular formula is C20H16N6O. The van der Waals surface area contributed by atoms with E-state index in [0.717, 1.165) is 34.6 Å². The van der Waals surface area contributed by atoms with E-state index in [4.69, 9.17) is 4.99 Å². The van der Waals surface area contributed by atoms with Gasteiger partial charge < -0.3 is 0 Å². The Kier molecular flexibility index (Phi) is 3.46. The predicted molar refractivity (Wildman–Crippen MR) is 101 cm³/mol. The summed E-state index contributed by atoms with van der Waals surface area (Å²) >= 11 is 0. The molecule has 0 saturated heterocycles. The van der Waals surface area contributed by atoms with Gasteiger partial charge in [0.1, 0.15) is 17.8 Å². The first-order chi connectivity index (χ1) is 13.2. The van der Waals surface area contributed by atoms with Gasteiger partial charge in [-0.1, -0.05) is 41.6 Å². The minimum absolute atomic E-state index is 0.0564. The number of hydrogen-bond donors (Lipinski definition) is 1. The van der Waals surface area contributed by atoms with Crippen molar-refractivity contribution in [1.82, 2.24) is 25.2 Å². The van der Waals surface area contributed by atoms with Gasteiger partial charge in [0.15, 0.2) is 5.82 Å². The van der Waals surface area contributed by atoms with Crippen molar-refractivity contribution in [3.05, 3.63) is 70.9 Å². The van der Waals surface area contributed by atoms with E-state index in [0.29, 0.717) is 11.2 Å². The third kappa shape index (κ3) is 2.64. The highest BCUT2D eigenvalue weighted by Gasteiger charge is 2.26. The summed E-state index contributed by atoms with van der Waals surface area (Å²) in [5, 5.41) is 15.2. The first kappa shape index (κ1) is 15.6. The normalized spacial score (nSPS) is 13.7. The van der Waals surface area contributed by atoms with Crippen molar-refractivity contribution >= 4 is 28.3 Å². The lowest BCUT2D eigenvalue weighted by molar-refractivity contribution is -0.113. The monoisotopic (exact) mass is 356 g/mol. The van der Waals surface area contributed by atoms with Crippen molar-refractivity contribution in [3.63, 3.8) is 0 Å². The van der Waals surface area contributed by atoms with Crippen LogP contribution in [0.5, 0.6) is 0 Å². The Balaban J connectivity index is 1.61. The molecule has 0 radical (unpaired) electrons. The van der Waals surface area contributed by atoms with Crippen molar-refractivity contribution in [2.24, 2.45) is 4.99 Å². The van der Waals surface area contributed by atoms with Crippen LogP contribution in [0.1, 0.15) is 22.4 Å². The third-order valence-electron chi connectivity index (χ3n) is 4.82. The Morgan fingerprint density at radius 3 is 2.85 bits per heavy atom. The highest BCUT2D eigenvalue weighted by atomic mass is 16.1. The minimum Gasteiger partial charge on any atom is -0.290 e. The molecular weight excluding hydrogens is 340 g/mol. The fourth-order valence-electron chi connectivity index (χ4n) is 3.44. The Labute approximate surface area is 154 Å². The molecule has 7 heteroatoms. The Bertz CT molecular complexity index is 1200. The Morgan fingerprint density at radius 1 is 1.15 bits per heavy atom. The van der Waals surface area contributed by atoms with Gasteiger partial charge in [0, 0.05) is 17.5 Å². The molecule has 0 fully saturated rings. The summed E-state index contributed by atoms with van der Waals surface area (Å²) < 4.78 is 1.70. The SMILES string of the molecule is Cc1nn2c(c1Cc1ccccc1)N=C(c1ccc3[nH]nnc3c1)C(=O)C2. The topological polar surface area (TPSA) is 88.8 Å². The van der Waals surface area contributed by atoms with Gasteiger partial charge in [-0.2, -0.15) is 5.10 Å². The zero-order chi connectivity index (χ0) is 18.4. The number of ketones is 1. The molecule has 1 aliphatic heterocycles. The number of carbonyl (C=O) groups is 1. The van der Waals surface area contributed by atoms with E-state index >= 15 is 0 Å². The second-order valence-electron chi connectivity index (χ2n) is 6.63. The summed E-state index contributed by atoms with van der Waals surface area (Å²) in [4.78, 5) is 17.4. The molecule has 0 amide bonds. The van der Waals surface area contributed by atoms with E-state index < -0.39 is 0 Å². The summed E-state index contributed by atoms with van der Waals surface area (Å²) in [7, 11) is 0.